The van der Waals surface area contributed by atoms with E-state index >= 15 is 0 Å². The van der Waals surface area contributed by atoms with E-state index in [1.165, 1.54) is 12.0 Å². The summed E-state index contributed by atoms with van der Waals surface area (Å²) < 4.78 is 10.9. The molecule has 0 aromatic carbocycles. The largest absolute Gasteiger partial charge is 0.381 e. The molecule has 0 radical (unpaired) electrons. The van der Waals surface area contributed by atoms with Crippen molar-refractivity contribution in [1.29, 1.82) is 0 Å². The van der Waals surface area contributed by atoms with E-state index in [1.54, 1.807) is 0 Å². The molecule has 1 unspecified atom stereocenters. The van der Waals surface area contributed by atoms with E-state index < -0.39 is 0 Å². The second-order valence-corrected chi connectivity index (χ2v) is 5.93. The fourth-order valence-electron chi connectivity index (χ4n) is 2.97. The minimum atomic E-state index is 0. The van der Waals surface area contributed by atoms with Crippen LogP contribution >= 0.6 is 24.0 Å². The topological polar surface area (TPSA) is 46.1 Å². The number of halogens is 1. The van der Waals surface area contributed by atoms with Crippen LogP contribution in [0.15, 0.2) is 16.6 Å². The summed E-state index contributed by atoms with van der Waals surface area (Å²) in [4.78, 5) is 7.19. The fourth-order valence-corrected chi connectivity index (χ4v) is 2.97. The molecule has 1 fully saturated rings. The molecule has 1 N–H and O–H groups in total. The summed E-state index contributed by atoms with van der Waals surface area (Å²) in [5.74, 6) is 1.70. The summed E-state index contributed by atoms with van der Waals surface area (Å²) in [5.41, 5.74) is 1.49. The molecule has 2 aliphatic heterocycles. The Balaban J connectivity index is 0.00000264. The lowest BCUT2D eigenvalue weighted by molar-refractivity contribution is 0.114. The molecule has 2 heterocycles. The Morgan fingerprint density at radius 1 is 1.48 bits per heavy atom. The molecule has 134 valence electrons. The molecule has 0 aliphatic carbocycles. The molecular formula is C17H32IN3O2. The third-order valence-corrected chi connectivity index (χ3v) is 4.23. The van der Waals surface area contributed by atoms with Gasteiger partial charge in [0.25, 0.3) is 0 Å². The number of likely N-dealkylation sites (tertiary alicyclic amines) is 1. The van der Waals surface area contributed by atoms with Crippen LogP contribution in [0.2, 0.25) is 0 Å². The van der Waals surface area contributed by atoms with Gasteiger partial charge in [0, 0.05) is 38.7 Å². The molecule has 1 saturated heterocycles. The van der Waals surface area contributed by atoms with Crippen molar-refractivity contribution in [2.45, 2.75) is 33.1 Å². The molecular weight excluding hydrogens is 405 g/mol. The van der Waals surface area contributed by atoms with E-state index in [9.17, 15) is 0 Å². The maximum Gasteiger partial charge on any atom is 0.193 e. The standard InChI is InChI=1S/C17H31N3O2.HI/c1-3-18-17(19-9-5-15-7-11-22-12-8-15)20-10-6-16(13-20)14-21-4-2;/h7,16H,3-6,8-14H2,1-2H3,(H,18,19);1H. The zero-order chi connectivity index (χ0) is 15.6. The lowest BCUT2D eigenvalue weighted by Crippen LogP contribution is -2.40. The first-order valence-electron chi connectivity index (χ1n) is 8.70. The van der Waals surface area contributed by atoms with Gasteiger partial charge in [-0.1, -0.05) is 11.6 Å². The van der Waals surface area contributed by atoms with E-state index in [0.29, 0.717) is 5.92 Å². The summed E-state index contributed by atoms with van der Waals surface area (Å²) in [6.07, 6.45) is 5.52. The Kier molecular flexibility index (Phi) is 10.9. The highest BCUT2D eigenvalue weighted by atomic mass is 127. The normalized spacial score (nSPS) is 21.8. The van der Waals surface area contributed by atoms with Crippen molar-refractivity contribution in [3.8, 4) is 0 Å². The van der Waals surface area contributed by atoms with E-state index in [-0.39, 0.29) is 24.0 Å². The lowest BCUT2D eigenvalue weighted by Gasteiger charge is -2.22. The number of nitrogens with one attached hydrogen (secondary N) is 1. The fraction of sp³-hybridized carbons (Fsp3) is 0.824. The maximum atomic E-state index is 5.56. The zero-order valence-corrected chi connectivity index (χ0v) is 16.9. The first-order chi connectivity index (χ1) is 10.8. The number of rotatable bonds is 7. The quantitative estimate of drug-likeness (QED) is 0.288. The number of nitrogens with zero attached hydrogens (tertiary/aromatic N) is 2. The van der Waals surface area contributed by atoms with Gasteiger partial charge in [-0.05, 0) is 33.1 Å². The zero-order valence-electron chi connectivity index (χ0n) is 14.6. The van der Waals surface area contributed by atoms with Crippen molar-refractivity contribution in [2.75, 3.05) is 52.6 Å². The average Bonchev–Trinajstić information content (AvgIpc) is 3.02. The van der Waals surface area contributed by atoms with Crippen LogP contribution in [0.1, 0.15) is 33.1 Å². The Labute approximate surface area is 157 Å². The molecule has 2 aliphatic rings. The number of ether oxygens (including phenoxy) is 2. The van der Waals surface area contributed by atoms with Gasteiger partial charge >= 0.3 is 0 Å². The molecule has 0 amide bonds. The number of hydrogen-bond donors (Lipinski definition) is 1. The van der Waals surface area contributed by atoms with E-state index in [1.807, 2.05) is 0 Å². The first kappa shape index (κ1) is 20.7. The summed E-state index contributed by atoms with van der Waals surface area (Å²) in [5, 5.41) is 3.43. The summed E-state index contributed by atoms with van der Waals surface area (Å²) >= 11 is 0. The van der Waals surface area contributed by atoms with Gasteiger partial charge in [-0.25, -0.2) is 0 Å². The summed E-state index contributed by atoms with van der Waals surface area (Å²) in [6.45, 7) is 11.4. The monoisotopic (exact) mass is 437 g/mol. The van der Waals surface area contributed by atoms with Gasteiger partial charge in [0.15, 0.2) is 5.96 Å². The van der Waals surface area contributed by atoms with Crippen LogP contribution < -0.4 is 5.32 Å². The lowest BCUT2D eigenvalue weighted by atomic mass is 10.1. The molecule has 0 bridgehead atoms. The van der Waals surface area contributed by atoms with E-state index in [2.05, 4.69) is 30.1 Å². The van der Waals surface area contributed by atoms with Crippen molar-refractivity contribution >= 4 is 29.9 Å². The minimum Gasteiger partial charge on any atom is -0.381 e. The highest BCUT2D eigenvalue weighted by Crippen LogP contribution is 2.17. The van der Waals surface area contributed by atoms with Crippen molar-refractivity contribution in [2.24, 2.45) is 10.9 Å². The van der Waals surface area contributed by atoms with Gasteiger partial charge in [0.05, 0.1) is 19.8 Å². The van der Waals surface area contributed by atoms with Crippen LogP contribution in [0, 0.1) is 5.92 Å². The molecule has 0 aromatic rings. The molecule has 0 spiro atoms. The molecule has 6 heteroatoms. The van der Waals surface area contributed by atoms with Crippen LogP contribution in [0.25, 0.3) is 0 Å². The molecule has 5 nitrogen and oxygen atoms in total. The van der Waals surface area contributed by atoms with Gasteiger partial charge in [0.1, 0.15) is 0 Å². The third-order valence-electron chi connectivity index (χ3n) is 4.23. The third kappa shape index (κ3) is 7.39. The molecule has 1 atom stereocenters. The smallest absolute Gasteiger partial charge is 0.193 e. The van der Waals surface area contributed by atoms with Crippen molar-refractivity contribution in [3.63, 3.8) is 0 Å². The van der Waals surface area contributed by atoms with Crippen LogP contribution in [-0.4, -0.2) is 63.5 Å². The van der Waals surface area contributed by atoms with Gasteiger partial charge < -0.3 is 19.7 Å². The predicted octanol–water partition coefficient (Wildman–Crippen LogP) is 2.67. The molecule has 0 saturated carbocycles. The molecule has 0 aromatic heterocycles. The summed E-state index contributed by atoms with van der Waals surface area (Å²) in [6, 6.07) is 0. The van der Waals surface area contributed by atoms with Crippen molar-refractivity contribution in [3.05, 3.63) is 11.6 Å². The average molecular weight is 437 g/mol. The molecule has 2 rings (SSSR count). The second-order valence-electron chi connectivity index (χ2n) is 5.93. The number of guanidine groups is 1. The Morgan fingerprint density at radius 3 is 3.04 bits per heavy atom. The second kappa shape index (κ2) is 12.1. The van der Waals surface area contributed by atoms with Gasteiger partial charge in [-0.2, -0.15) is 0 Å². The van der Waals surface area contributed by atoms with Crippen LogP contribution in [0.4, 0.5) is 0 Å². The van der Waals surface area contributed by atoms with Crippen molar-refractivity contribution in [1.82, 2.24) is 10.2 Å². The minimum absolute atomic E-state index is 0. The highest BCUT2D eigenvalue weighted by Gasteiger charge is 2.24. The van der Waals surface area contributed by atoms with Gasteiger partial charge in [-0.3, -0.25) is 4.99 Å². The van der Waals surface area contributed by atoms with Crippen LogP contribution in [0.3, 0.4) is 0 Å². The van der Waals surface area contributed by atoms with E-state index in [4.69, 9.17) is 14.5 Å². The summed E-state index contributed by atoms with van der Waals surface area (Å²) in [7, 11) is 0. The Hall–Kier alpha value is -0.340. The van der Waals surface area contributed by atoms with Crippen molar-refractivity contribution < 1.29 is 9.47 Å². The van der Waals surface area contributed by atoms with Crippen LogP contribution in [0.5, 0.6) is 0 Å². The van der Waals surface area contributed by atoms with Gasteiger partial charge in [0.2, 0.25) is 0 Å². The highest BCUT2D eigenvalue weighted by molar-refractivity contribution is 14.0. The number of aliphatic imine (C=N–C) groups is 1. The predicted molar refractivity (Wildman–Crippen MR) is 106 cm³/mol. The molecule has 23 heavy (non-hydrogen) atoms. The Bertz CT molecular complexity index is 388. The van der Waals surface area contributed by atoms with E-state index in [0.717, 1.165) is 71.4 Å². The van der Waals surface area contributed by atoms with Gasteiger partial charge in [-0.15, -0.1) is 24.0 Å². The maximum absolute atomic E-state index is 5.56. The number of hydrogen-bond acceptors (Lipinski definition) is 3. The van der Waals surface area contributed by atoms with Crippen LogP contribution in [-0.2, 0) is 9.47 Å². The SMILES string of the molecule is CCNC(=NCCC1=CCOCC1)N1CCC(COCC)C1.I. The first-order valence-corrected chi connectivity index (χ1v) is 8.70. The Morgan fingerprint density at radius 2 is 2.35 bits per heavy atom.